The van der Waals surface area contributed by atoms with Crippen LogP contribution in [0.2, 0.25) is 0 Å². The van der Waals surface area contributed by atoms with Crippen molar-refractivity contribution in [2.45, 2.75) is 51.4 Å². The van der Waals surface area contributed by atoms with Crippen LogP contribution in [0.4, 0.5) is 14.6 Å². The number of hydrogen-bond donors (Lipinski definition) is 0. The number of fused-ring (bicyclic) bond motifs is 3. The van der Waals surface area contributed by atoms with E-state index in [9.17, 15) is 8.78 Å². The minimum absolute atomic E-state index is 0.0965. The number of nitrogens with zero attached hydrogens (tertiary/aromatic N) is 8. The van der Waals surface area contributed by atoms with Crippen LogP contribution < -0.4 is 4.90 Å². The molecule has 4 heterocycles. The van der Waals surface area contributed by atoms with E-state index in [4.69, 9.17) is 9.97 Å². The first-order valence-electron chi connectivity index (χ1n) is 13.5. The molecule has 0 unspecified atom stereocenters. The summed E-state index contributed by atoms with van der Waals surface area (Å²) >= 11 is 0. The van der Waals surface area contributed by atoms with Crippen LogP contribution >= 0.6 is 0 Å². The largest absolute Gasteiger partial charge is 0.349 e. The number of hydrogen-bond acceptors (Lipinski definition) is 6. The van der Waals surface area contributed by atoms with Crippen LogP contribution in [0.3, 0.4) is 0 Å². The summed E-state index contributed by atoms with van der Waals surface area (Å²) in [5.74, 6) is 1.53. The van der Waals surface area contributed by atoms with Gasteiger partial charge in [0.15, 0.2) is 11.5 Å². The quantitative estimate of drug-likeness (QED) is 0.314. The van der Waals surface area contributed by atoms with E-state index in [2.05, 4.69) is 38.4 Å². The van der Waals surface area contributed by atoms with Crippen LogP contribution in [0.5, 0.6) is 0 Å². The molecule has 1 aliphatic carbocycles. The molecule has 3 aromatic heterocycles. The van der Waals surface area contributed by atoms with E-state index in [0.29, 0.717) is 18.2 Å². The predicted molar refractivity (Wildman–Crippen MR) is 144 cm³/mol. The van der Waals surface area contributed by atoms with Crippen molar-refractivity contribution in [3.05, 3.63) is 83.9 Å². The highest BCUT2D eigenvalue weighted by Crippen LogP contribution is 2.37. The van der Waals surface area contributed by atoms with Gasteiger partial charge < -0.3 is 9.47 Å². The van der Waals surface area contributed by atoms with Crippen LogP contribution in [0.15, 0.2) is 61.2 Å². The Morgan fingerprint density at radius 2 is 1.54 bits per heavy atom. The van der Waals surface area contributed by atoms with Gasteiger partial charge in [-0.15, -0.1) is 10.2 Å². The van der Waals surface area contributed by atoms with E-state index < -0.39 is 0 Å². The number of benzene rings is 2. The molecule has 39 heavy (non-hydrogen) atoms. The summed E-state index contributed by atoms with van der Waals surface area (Å²) in [6.45, 7) is 6.75. The van der Waals surface area contributed by atoms with Gasteiger partial charge in [0, 0.05) is 31.7 Å². The van der Waals surface area contributed by atoms with Crippen molar-refractivity contribution in [1.29, 1.82) is 0 Å². The van der Waals surface area contributed by atoms with Gasteiger partial charge in [-0.2, -0.15) is 4.98 Å². The molecule has 1 aliphatic heterocycles. The second kappa shape index (κ2) is 9.37. The maximum Gasteiger partial charge on any atom is 0.258 e. The zero-order chi connectivity index (χ0) is 26.7. The molecule has 2 fully saturated rings. The fourth-order valence-corrected chi connectivity index (χ4v) is 5.97. The number of imidazole rings is 1. The number of halogens is 2. The molecule has 1 saturated carbocycles. The van der Waals surface area contributed by atoms with Crippen molar-refractivity contribution in [3.8, 4) is 0 Å². The lowest BCUT2D eigenvalue weighted by Gasteiger charge is -2.48. The lowest BCUT2D eigenvalue weighted by atomic mass is 9.93. The van der Waals surface area contributed by atoms with Gasteiger partial charge in [-0.1, -0.05) is 24.3 Å². The van der Waals surface area contributed by atoms with Crippen molar-refractivity contribution < 1.29 is 8.78 Å². The van der Waals surface area contributed by atoms with E-state index >= 15 is 0 Å². The van der Waals surface area contributed by atoms with E-state index in [1.807, 2.05) is 35.0 Å². The summed E-state index contributed by atoms with van der Waals surface area (Å²) in [5, 5.41) is 8.41. The minimum Gasteiger partial charge on any atom is -0.349 e. The van der Waals surface area contributed by atoms with E-state index in [1.54, 1.807) is 6.33 Å². The van der Waals surface area contributed by atoms with Gasteiger partial charge in [-0.05, 0) is 68.0 Å². The molecule has 10 heteroatoms. The Balaban J connectivity index is 1.26. The summed E-state index contributed by atoms with van der Waals surface area (Å²) < 4.78 is 31.8. The summed E-state index contributed by atoms with van der Waals surface area (Å²) in [6, 6.07) is 13.3. The third kappa shape index (κ3) is 4.32. The topological polar surface area (TPSA) is 67.4 Å². The third-order valence-corrected chi connectivity index (χ3v) is 8.15. The molecular weight excluding hydrogens is 498 g/mol. The van der Waals surface area contributed by atoms with Crippen molar-refractivity contribution in [3.63, 3.8) is 0 Å². The Morgan fingerprint density at radius 1 is 0.872 bits per heavy atom. The number of piperazine rings is 1. The maximum absolute atomic E-state index is 13.8. The van der Waals surface area contributed by atoms with Crippen LogP contribution in [-0.2, 0) is 6.54 Å². The summed E-state index contributed by atoms with van der Waals surface area (Å²) in [4.78, 5) is 14.5. The van der Waals surface area contributed by atoms with Crippen molar-refractivity contribution >= 4 is 22.8 Å². The predicted octanol–water partition coefficient (Wildman–Crippen LogP) is 4.85. The molecule has 0 spiro atoms. The van der Waals surface area contributed by atoms with Crippen molar-refractivity contribution in [2.24, 2.45) is 5.92 Å². The number of aromatic nitrogens is 6. The fraction of sp³-hybridized carbons (Fsp3) is 0.379. The molecule has 0 amide bonds. The molecule has 7 rings (SSSR count). The van der Waals surface area contributed by atoms with Gasteiger partial charge >= 0.3 is 0 Å². The molecule has 8 nitrogen and oxygen atoms in total. The van der Waals surface area contributed by atoms with Gasteiger partial charge in [-0.3, -0.25) is 4.90 Å². The Kier molecular flexibility index (Phi) is 5.80. The SMILES string of the molecule is C[C@@H]1CN(c2nc3nncn3c3c2ncn3CC2CC2)[C@@H](C)CN1C(c1ccc(F)cc1)c1ccc(F)cc1. The Hall–Kier alpha value is -3.92. The van der Waals surface area contributed by atoms with Crippen LogP contribution in [-0.4, -0.2) is 59.2 Å². The first-order valence-corrected chi connectivity index (χ1v) is 13.5. The zero-order valence-electron chi connectivity index (χ0n) is 22.0. The molecule has 200 valence electrons. The molecule has 1 saturated heterocycles. The highest BCUT2D eigenvalue weighted by molar-refractivity contribution is 5.86. The Labute approximate surface area is 224 Å². The first kappa shape index (κ1) is 24.1. The highest BCUT2D eigenvalue weighted by atomic mass is 19.1. The van der Waals surface area contributed by atoms with Crippen molar-refractivity contribution in [2.75, 3.05) is 18.0 Å². The minimum atomic E-state index is -0.275. The summed E-state index contributed by atoms with van der Waals surface area (Å²) in [6.07, 6.45) is 6.13. The number of rotatable bonds is 6. The lowest BCUT2D eigenvalue weighted by Crippen LogP contribution is -2.57. The Morgan fingerprint density at radius 3 is 2.18 bits per heavy atom. The van der Waals surface area contributed by atoms with Crippen molar-refractivity contribution in [1.82, 2.24) is 34.0 Å². The molecular formula is C29H30F2N8. The maximum atomic E-state index is 13.8. The zero-order valence-corrected chi connectivity index (χ0v) is 22.0. The van der Waals surface area contributed by atoms with E-state index in [-0.39, 0.29) is 29.8 Å². The van der Waals surface area contributed by atoms with Crippen LogP contribution in [0, 0.1) is 17.6 Å². The fourth-order valence-electron chi connectivity index (χ4n) is 5.97. The number of anilines is 1. The molecule has 2 aromatic carbocycles. The monoisotopic (exact) mass is 528 g/mol. The molecule has 2 atom stereocenters. The average Bonchev–Trinajstić information content (AvgIpc) is 3.45. The summed E-state index contributed by atoms with van der Waals surface area (Å²) in [7, 11) is 0. The standard InChI is InChI=1S/C29H30F2N8/c1-18-14-38(27-25-28(39-17-33-35-29(39)34-27)36(16-32-25)15-20-3-4-20)19(2)13-37(18)26(21-5-9-23(30)10-6-21)22-7-11-24(31)12-8-22/h5-12,16-20,26H,3-4,13-15H2,1-2H3/t18-,19+/m1/s1. The first-order chi connectivity index (χ1) is 19.0. The third-order valence-electron chi connectivity index (χ3n) is 8.15. The lowest BCUT2D eigenvalue weighted by molar-refractivity contribution is 0.129. The van der Waals surface area contributed by atoms with E-state index in [0.717, 1.165) is 41.2 Å². The average molecular weight is 529 g/mol. The molecule has 5 aromatic rings. The van der Waals surface area contributed by atoms with Gasteiger partial charge in [0.2, 0.25) is 0 Å². The highest BCUT2D eigenvalue weighted by Gasteiger charge is 2.37. The summed E-state index contributed by atoms with van der Waals surface area (Å²) in [5.41, 5.74) is 3.77. The van der Waals surface area contributed by atoms with E-state index in [1.165, 1.54) is 37.1 Å². The molecule has 0 bridgehead atoms. The van der Waals surface area contributed by atoms with Crippen LogP contribution in [0.1, 0.15) is 43.9 Å². The molecule has 2 aliphatic rings. The van der Waals surface area contributed by atoms with Crippen LogP contribution in [0.25, 0.3) is 16.9 Å². The second-order valence-corrected chi connectivity index (χ2v) is 11.0. The molecule has 0 radical (unpaired) electrons. The smallest absolute Gasteiger partial charge is 0.258 e. The van der Waals surface area contributed by atoms with Gasteiger partial charge in [0.05, 0.1) is 12.4 Å². The van der Waals surface area contributed by atoms with Gasteiger partial charge in [-0.25, -0.2) is 18.2 Å². The van der Waals surface area contributed by atoms with Gasteiger partial charge in [0.1, 0.15) is 23.5 Å². The normalized spacial score (nSPS) is 20.5. The van der Waals surface area contributed by atoms with Gasteiger partial charge in [0.25, 0.3) is 5.78 Å². The second-order valence-electron chi connectivity index (χ2n) is 11.0. The Bertz CT molecular complexity index is 1580. The molecule has 0 N–H and O–H groups in total.